The fraction of sp³-hybridized carbons (Fsp3) is 0.786. The first-order valence-electron chi connectivity index (χ1n) is 6.89. The Labute approximate surface area is 115 Å². The number of rotatable bonds is 3. The van der Waals surface area contributed by atoms with Crippen molar-refractivity contribution in [3.63, 3.8) is 0 Å². The van der Waals surface area contributed by atoms with Crippen molar-refractivity contribution in [3.8, 4) is 5.88 Å². The minimum absolute atomic E-state index is 0.168. The lowest BCUT2D eigenvalue weighted by Gasteiger charge is -2.42. The van der Waals surface area contributed by atoms with Gasteiger partial charge in [-0.2, -0.15) is 5.10 Å². The predicted molar refractivity (Wildman–Crippen MR) is 76.1 cm³/mol. The Bertz CT molecular complexity index is 453. The van der Waals surface area contributed by atoms with Gasteiger partial charge in [0.1, 0.15) is 0 Å². The number of methoxy groups -OCH3 is 1. The Hall–Kier alpha value is -1.07. The van der Waals surface area contributed by atoms with Crippen LogP contribution >= 0.6 is 0 Å². The number of hydrogen-bond donors (Lipinski definition) is 1. The fourth-order valence-corrected chi connectivity index (χ4v) is 2.96. The molecule has 1 aliphatic heterocycles. The van der Waals surface area contributed by atoms with Crippen LogP contribution in [0.5, 0.6) is 5.88 Å². The summed E-state index contributed by atoms with van der Waals surface area (Å²) in [7, 11) is 3.63. The number of nitrogens with zero attached hydrogens (tertiary/aromatic N) is 3. The predicted octanol–water partition coefficient (Wildman–Crippen LogP) is 1.30. The number of aromatic nitrogens is 2. The summed E-state index contributed by atoms with van der Waals surface area (Å²) in [5.41, 5.74) is 8.60. The Morgan fingerprint density at radius 3 is 2.74 bits per heavy atom. The van der Waals surface area contributed by atoms with E-state index in [0.717, 1.165) is 37.6 Å². The second-order valence-electron chi connectivity index (χ2n) is 6.29. The normalized spacial score (nSPS) is 23.6. The van der Waals surface area contributed by atoms with E-state index in [1.807, 2.05) is 18.7 Å². The molecule has 1 aliphatic rings. The molecule has 0 spiro atoms. The molecular weight excluding hydrogens is 240 g/mol. The second-order valence-corrected chi connectivity index (χ2v) is 6.29. The maximum Gasteiger partial charge on any atom is 0.216 e. The van der Waals surface area contributed by atoms with E-state index in [2.05, 4.69) is 23.8 Å². The monoisotopic (exact) mass is 266 g/mol. The van der Waals surface area contributed by atoms with Crippen LogP contribution in [-0.2, 0) is 13.6 Å². The molecule has 0 bridgehead atoms. The summed E-state index contributed by atoms with van der Waals surface area (Å²) in [6.07, 6.45) is 1.05. The molecule has 5 heteroatoms. The average Bonchev–Trinajstić information content (AvgIpc) is 2.58. The standard InChI is InChI=1S/C14H26N4O/c1-10-11(13(19-5)17(4)16-10)8-18-7-6-12(15)14(2,3)9-18/h12H,6-9,15H2,1-5H3. The van der Waals surface area contributed by atoms with Gasteiger partial charge in [-0.3, -0.25) is 4.90 Å². The van der Waals surface area contributed by atoms with Crippen molar-refractivity contribution in [1.29, 1.82) is 0 Å². The summed E-state index contributed by atoms with van der Waals surface area (Å²) < 4.78 is 7.27. The molecule has 0 radical (unpaired) electrons. The maximum absolute atomic E-state index is 6.19. The molecule has 19 heavy (non-hydrogen) atoms. The molecule has 0 saturated carbocycles. The highest BCUT2D eigenvalue weighted by atomic mass is 16.5. The van der Waals surface area contributed by atoms with E-state index in [-0.39, 0.29) is 5.41 Å². The summed E-state index contributed by atoms with van der Waals surface area (Å²) >= 11 is 0. The van der Waals surface area contributed by atoms with Crippen LogP contribution in [0.25, 0.3) is 0 Å². The highest BCUT2D eigenvalue weighted by Crippen LogP contribution is 2.30. The Balaban J connectivity index is 2.14. The Kier molecular flexibility index (Phi) is 3.87. The zero-order chi connectivity index (χ0) is 14.2. The van der Waals surface area contributed by atoms with Gasteiger partial charge in [0.15, 0.2) is 0 Å². The van der Waals surface area contributed by atoms with Gasteiger partial charge in [0.05, 0.1) is 18.4 Å². The molecule has 5 nitrogen and oxygen atoms in total. The van der Waals surface area contributed by atoms with Crippen molar-refractivity contribution in [2.24, 2.45) is 18.2 Å². The third-order valence-electron chi connectivity index (χ3n) is 4.26. The topological polar surface area (TPSA) is 56.3 Å². The van der Waals surface area contributed by atoms with Crippen LogP contribution in [0.2, 0.25) is 0 Å². The molecule has 1 fully saturated rings. The molecule has 2 heterocycles. The first-order valence-corrected chi connectivity index (χ1v) is 6.89. The zero-order valence-electron chi connectivity index (χ0n) is 12.7. The van der Waals surface area contributed by atoms with Gasteiger partial charge < -0.3 is 10.5 Å². The third kappa shape index (κ3) is 2.77. The number of piperidine rings is 1. The molecule has 1 aromatic rings. The lowest BCUT2D eigenvalue weighted by atomic mass is 9.79. The van der Waals surface area contributed by atoms with Gasteiger partial charge in [-0.1, -0.05) is 13.8 Å². The van der Waals surface area contributed by atoms with E-state index in [4.69, 9.17) is 10.5 Å². The van der Waals surface area contributed by atoms with Crippen LogP contribution in [0.1, 0.15) is 31.5 Å². The van der Waals surface area contributed by atoms with Crippen molar-refractivity contribution in [3.05, 3.63) is 11.3 Å². The Morgan fingerprint density at radius 1 is 1.47 bits per heavy atom. The van der Waals surface area contributed by atoms with Gasteiger partial charge in [-0.15, -0.1) is 0 Å². The SMILES string of the molecule is COc1c(CN2CCC(N)C(C)(C)C2)c(C)nn1C. The number of nitrogens with two attached hydrogens (primary N) is 1. The lowest BCUT2D eigenvalue weighted by molar-refractivity contribution is 0.0890. The summed E-state index contributed by atoms with van der Waals surface area (Å²) in [6, 6.07) is 0.292. The molecule has 1 aromatic heterocycles. The minimum Gasteiger partial charge on any atom is -0.481 e. The van der Waals surface area contributed by atoms with Crippen molar-refractivity contribution in [1.82, 2.24) is 14.7 Å². The van der Waals surface area contributed by atoms with Crippen LogP contribution in [0.15, 0.2) is 0 Å². The van der Waals surface area contributed by atoms with Gasteiger partial charge in [-0.05, 0) is 18.8 Å². The number of hydrogen-bond acceptors (Lipinski definition) is 4. The third-order valence-corrected chi connectivity index (χ3v) is 4.26. The molecule has 1 atom stereocenters. The number of ether oxygens (including phenoxy) is 1. The number of aryl methyl sites for hydroxylation is 2. The van der Waals surface area contributed by atoms with Crippen molar-refractivity contribution in [2.45, 2.75) is 39.8 Å². The molecule has 0 aromatic carbocycles. The molecule has 1 saturated heterocycles. The van der Waals surface area contributed by atoms with E-state index >= 15 is 0 Å². The van der Waals surface area contributed by atoms with E-state index in [1.165, 1.54) is 5.56 Å². The molecule has 108 valence electrons. The van der Waals surface area contributed by atoms with Crippen LogP contribution in [0.3, 0.4) is 0 Å². The van der Waals surface area contributed by atoms with Crippen LogP contribution in [-0.4, -0.2) is 40.9 Å². The van der Waals surface area contributed by atoms with Crippen molar-refractivity contribution >= 4 is 0 Å². The number of likely N-dealkylation sites (tertiary alicyclic amines) is 1. The van der Waals surface area contributed by atoms with Crippen LogP contribution in [0.4, 0.5) is 0 Å². The first kappa shape index (κ1) is 14.3. The van der Waals surface area contributed by atoms with Gasteiger partial charge in [-0.25, -0.2) is 4.68 Å². The summed E-state index contributed by atoms with van der Waals surface area (Å²) in [5, 5.41) is 4.44. The van der Waals surface area contributed by atoms with Gasteiger partial charge in [0, 0.05) is 32.7 Å². The minimum atomic E-state index is 0.168. The first-order chi connectivity index (χ1) is 8.85. The Morgan fingerprint density at radius 2 is 2.16 bits per heavy atom. The fourth-order valence-electron chi connectivity index (χ4n) is 2.96. The summed E-state index contributed by atoms with van der Waals surface area (Å²) in [4.78, 5) is 2.45. The summed E-state index contributed by atoms with van der Waals surface area (Å²) in [6.45, 7) is 9.49. The van der Waals surface area contributed by atoms with Gasteiger partial charge in [0.2, 0.25) is 5.88 Å². The van der Waals surface area contributed by atoms with E-state index in [9.17, 15) is 0 Å². The van der Waals surface area contributed by atoms with Crippen LogP contribution in [0, 0.1) is 12.3 Å². The maximum atomic E-state index is 6.19. The molecule has 0 aliphatic carbocycles. The molecule has 2 rings (SSSR count). The highest BCUT2D eigenvalue weighted by molar-refractivity contribution is 5.30. The molecule has 2 N–H and O–H groups in total. The average molecular weight is 266 g/mol. The zero-order valence-corrected chi connectivity index (χ0v) is 12.7. The van der Waals surface area contributed by atoms with E-state index in [0.29, 0.717) is 6.04 Å². The summed E-state index contributed by atoms with van der Waals surface area (Å²) in [5.74, 6) is 0.866. The van der Waals surface area contributed by atoms with Crippen molar-refractivity contribution in [2.75, 3.05) is 20.2 Å². The molecular formula is C14H26N4O. The molecule has 1 unspecified atom stereocenters. The highest BCUT2D eigenvalue weighted by Gasteiger charge is 2.34. The van der Waals surface area contributed by atoms with Gasteiger partial charge >= 0.3 is 0 Å². The quantitative estimate of drug-likeness (QED) is 0.896. The van der Waals surface area contributed by atoms with Crippen molar-refractivity contribution < 1.29 is 4.74 Å². The van der Waals surface area contributed by atoms with E-state index in [1.54, 1.807) is 7.11 Å². The lowest BCUT2D eigenvalue weighted by Crippen LogP contribution is -2.52. The second kappa shape index (κ2) is 5.13. The molecule has 0 amide bonds. The smallest absolute Gasteiger partial charge is 0.216 e. The van der Waals surface area contributed by atoms with Gasteiger partial charge in [0.25, 0.3) is 0 Å². The van der Waals surface area contributed by atoms with E-state index < -0.39 is 0 Å². The largest absolute Gasteiger partial charge is 0.481 e. The van der Waals surface area contributed by atoms with Crippen LogP contribution < -0.4 is 10.5 Å².